The molecule has 0 saturated heterocycles. The highest BCUT2D eigenvalue weighted by Crippen LogP contribution is 2.37. The maximum absolute atomic E-state index is 9.89. The second-order valence-corrected chi connectivity index (χ2v) is 14.8. The van der Waals surface area contributed by atoms with Crippen LogP contribution in [-0.4, -0.2) is 19.9 Å². The molecular formula is C56H34N6. The molecule has 0 bridgehead atoms. The summed E-state index contributed by atoms with van der Waals surface area (Å²) in [4.78, 5) is 20.0. The van der Waals surface area contributed by atoms with Crippen LogP contribution in [0.25, 0.3) is 101 Å². The summed E-state index contributed by atoms with van der Waals surface area (Å²) in [7, 11) is 0. The molecule has 0 fully saturated rings. The lowest BCUT2D eigenvalue weighted by Gasteiger charge is -2.13. The molecule has 6 heteroatoms. The Kier molecular flexibility index (Phi) is 9.92. The van der Waals surface area contributed by atoms with E-state index in [4.69, 9.17) is 19.9 Å². The summed E-state index contributed by atoms with van der Waals surface area (Å²) in [6.45, 7) is 0. The van der Waals surface area contributed by atoms with Crippen molar-refractivity contribution in [2.24, 2.45) is 0 Å². The first-order valence-electron chi connectivity index (χ1n) is 20.2. The number of fused-ring (bicyclic) bond motifs is 1. The largest absolute Gasteiger partial charge is 0.228 e. The summed E-state index contributed by atoms with van der Waals surface area (Å²) in [5.41, 5.74) is 13.7. The molecule has 10 rings (SSSR count). The van der Waals surface area contributed by atoms with Crippen LogP contribution in [0.4, 0.5) is 0 Å². The minimum Gasteiger partial charge on any atom is -0.228 e. The van der Waals surface area contributed by atoms with Gasteiger partial charge < -0.3 is 0 Å². The van der Waals surface area contributed by atoms with Gasteiger partial charge in [0.1, 0.15) is 0 Å². The number of benzene rings is 8. The topological polar surface area (TPSA) is 99.1 Å². The van der Waals surface area contributed by atoms with Crippen molar-refractivity contribution in [1.29, 1.82) is 10.5 Å². The molecule has 2 aromatic heterocycles. The van der Waals surface area contributed by atoms with E-state index in [-0.39, 0.29) is 0 Å². The van der Waals surface area contributed by atoms with Gasteiger partial charge in [0.25, 0.3) is 0 Å². The van der Waals surface area contributed by atoms with Crippen LogP contribution in [0.15, 0.2) is 206 Å². The second-order valence-electron chi connectivity index (χ2n) is 14.8. The SMILES string of the molecule is N#Cc1ccccc1-c1cc(-c2ccccc2)nc(-c2ccc(-c3cccc4c(-c5ccc(-c6nc(-c7ccccc7)cc(-c7ccccc7C#N)n6)cc5)cccc34)cc2)n1. The van der Waals surface area contributed by atoms with Crippen LogP contribution in [-0.2, 0) is 0 Å². The molecule has 0 amide bonds. The van der Waals surface area contributed by atoms with Gasteiger partial charge in [0.2, 0.25) is 0 Å². The van der Waals surface area contributed by atoms with Crippen LogP contribution in [0, 0.1) is 22.7 Å². The average molecular weight is 791 g/mol. The lowest BCUT2D eigenvalue weighted by atomic mass is 9.92. The molecule has 0 aliphatic rings. The number of nitriles is 2. The maximum atomic E-state index is 9.89. The number of hydrogen-bond donors (Lipinski definition) is 0. The molecule has 10 aromatic rings. The van der Waals surface area contributed by atoms with Gasteiger partial charge in [0, 0.05) is 33.4 Å². The summed E-state index contributed by atoms with van der Waals surface area (Å²) in [5.74, 6) is 1.18. The first-order valence-corrected chi connectivity index (χ1v) is 20.2. The third-order valence-electron chi connectivity index (χ3n) is 11.1. The van der Waals surface area contributed by atoms with Crippen molar-refractivity contribution in [2.75, 3.05) is 0 Å². The monoisotopic (exact) mass is 790 g/mol. The van der Waals surface area contributed by atoms with Crippen LogP contribution in [0.3, 0.4) is 0 Å². The quantitative estimate of drug-likeness (QED) is 0.152. The first-order chi connectivity index (χ1) is 30.6. The van der Waals surface area contributed by atoms with Gasteiger partial charge in [0.15, 0.2) is 11.6 Å². The van der Waals surface area contributed by atoms with Gasteiger partial charge in [-0.2, -0.15) is 10.5 Å². The van der Waals surface area contributed by atoms with Gasteiger partial charge in [-0.3, -0.25) is 0 Å². The Balaban J connectivity index is 0.993. The van der Waals surface area contributed by atoms with Crippen LogP contribution in [0.2, 0.25) is 0 Å². The smallest absolute Gasteiger partial charge is 0.160 e. The fraction of sp³-hybridized carbons (Fsp3) is 0. The van der Waals surface area contributed by atoms with Gasteiger partial charge in [-0.25, -0.2) is 19.9 Å². The molecule has 0 aliphatic heterocycles. The van der Waals surface area contributed by atoms with Gasteiger partial charge >= 0.3 is 0 Å². The zero-order chi connectivity index (χ0) is 41.8. The minimum absolute atomic E-state index is 0.564. The Morgan fingerprint density at radius 3 is 1.02 bits per heavy atom. The third-order valence-corrected chi connectivity index (χ3v) is 11.1. The fourth-order valence-corrected chi connectivity index (χ4v) is 7.96. The lowest BCUT2D eigenvalue weighted by molar-refractivity contribution is 1.18. The molecule has 0 unspecified atom stereocenters. The number of rotatable bonds is 8. The van der Waals surface area contributed by atoms with E-state index >= 15 is 0 Å². The third kappa shape index (κ3) is 7.26. The van der Waals surface area contributed by atoms with E-state index in [9.17, 15) is 10.5 Å². The highest BCUT2D eigenvalue weighted by atomic mass is 14.9. The average Bonchev–Trinajstić information content (AvgIpc) is 3.36. The standard InChI is InChI=1S/C56H34N6/c57-35-43-17-7-9-19-47(43)53-33-51(39-13-3-1-4-14-39)59-55(61-53)41-29-25-37(26-30-41)45-21-11-24-50-46(22-12-23-49(45)50)38-27-31-42(32-28-38)56-60-52(40-15-5-2-6-16-40)34-54(62-56)48-20-10-8-18-44(48)36-58/h1-34H. The minimum atomic E-state index is 0.564. The van der Waals surface area contributed by atoms with Gasteiger partial charge in [-0.05, 0) is 57.3 Å². The molecule has 288 valence electrons. The van der Waals surface area contributed by atoms with Crippen molar-refractivity contribution < 1.29 is 0 Å². The van der Waals surface area contributed by atoms with Crippen LogP contribution >= 0.6 is 0 Å². The maximum Gasteiger partial charge on any atom is 0.160 e. The van der Waals surface area contributed by atoms with Crippen molar-refractivity contribution in [2.45, 2.75) is 0 Å². The van der Waals surface area contributed by atoms with E-state index in [2.05, 4.69) is 97.1 Å². The van der Waals surface area contributed by atoms with E-state index in [0.717, 1.165) is 77.8 Å². The molecular weight excluding hydrogens is 757 g/mol. The summed E-state index contributed by atoms with van der Waals surface area (Å²) < 4.78 is 0. The van der Waals surface area contributed by atoms with Crippen LogP contribution in [0.1, 0.15) is 11.1 Å². The normalized spacial score (nSPS) is 10.9. The van der Waals surface area contributed by atoms with Crippen molar-refractivity contribution in [3.63, 3.8) is 0 Å². The second kappa shape index (κ2) is 16.4. The van der Waals surface area contributed by atoms with Crippen molar-refractivity contribution in [3.8, 4) is 102 Å². The molecule has 0 radical (unpaired) electrons. The molecule has 62 heavy (non-hydrogen) atoms. The first kappa shape index (κ1) is 37.4. The summed E-state index contributed by atoms with van der Waals surface area (Å²) in [5, 5.41) is 22.1. The van der Waals surface area contributed by atoms with Crippen molar-refractivity contribution in [3.05, 3.63) is 217 Å². The molecule has 0 aliphatic carbocycles. The molecule has 0 atom stereocenters. The van der Waals surface area contributed by atoms with Gasteiger partial charge in [-0.15, -0.1) is 0 Å². The predicted molar refractivity (Wildman–Crippen MR) is 248 cm³/mol. The van der Waals surface area contributed by atoms with E-state index in [0.29, 0.717) is 34.2 Å². The Morgan fingerprint density at radius 2 is 0.613 bits per heavy atom. The fourth-order valence-electron chi connectivity index (χ4n) is 7.96. The summed E-state index contributed by atoms with van der Waals surface area (Å²) in [6.07, 6.45) is 0. The van der Waals surface area contributed by atoms with E-state index < -0.39 is 0 Å². The lowest BCUT2D eigenvalue weighted by Crippen LogP contribution is -1.97. The zero-order valence-electron chi connectivity index (χ0n) is 33.3. The molecule has 8 aromatic carbocycles. The van der Waals surface area contributed by atoms with E-state index in [1.54, 1.807) is 0 Å². The Bertz CT molecular complexity index is 3120. The highest BCUT2D eigenvalue weighted by Gasteiger charge is 2.16. The van der Waals surface area contributed by atoms with Crippen LogP contribution < -0.4 is 0 Å². The molecule has 6 nitrogen and oxygen atoms in total. The molecule has 0 spiro atoms. The number of nitrogens with zero attached hydrogens (tertiary/aromatic N) is 6. The van der Waals surface area contributed by atoms with Crippen molar-refractivity contribution in [1.82, 2.24) is 19.9 Å². The summed E-state index contributed by atoms with van der Waals surface area (Å²) >= 11 is 0. The predicted octanol–water partition coefficient (Wildman–Crippen LogP) is 13.5. The Morgan fingerprint density at radius 1 is 0.274 bits per heavy atom. The summed E-state index contributed by atoms with van der Waals surface area (Å²) in [6, 6.07) is 73.4. The van der Waals surface area contributed by atoms with Crippen molar-refractivity contribution >= 4 is 10.8 Å². The van der Waals surface area contributed by atoms with E-state index in [1.165, 1.54) is 0 Å². The van der Waals surface area contributed by atoms with Crippen LogP contribution in [0.5, 0.6) is 0 Å². The number of aromatic nitrogens is 4. The molecule has 0 saturated carbocycles. The highest BCUT2D eigenvalue weighted by molar-refractivity contribution is 6.04. The molecule has 2 heterocycles. The van der Waals surface area contributed by atoms with Gasteiger partial charge in [0.05, 0.1) is 46.0 Å². The Hall–Kier alpha value is -8.84. The van der Waals surface area contributed by atoms with E-state index in [1.807, 2.05) is 121 Å². The molecule has 0 N–H and O–H groups in total. The zero-order valence-corrected chi connectivity index (χ0v) is 33.3. The van der Waals surface area contributed by atoms with Gasteiger partial charge in [-0.1, -0.05) is 182 Å². The number of hydrogen-bond acceptors (Lipinski definition) is 6. The Labute approximate surface area is 359 Å².